The maximum Gasteiger partial charge on any atom is 0.253 e. The Hall–Kier alpha value is -2.59. The lowest BCUT2D eigenvalue weighted by Gasteiger charge is -2.32. The van der Waals surface area contributed by atoms with E-state index in [0.717, 1.165) is 75.9 Å². The lowest BCUT2D eigenvalue weighted by molar-refractivity contribution is 0.0690. The number of benzene rings is 2. The molecular weight excluding hydrogens is 394 g/mol. The van der Waals surface area contributed by atoms with Gasteiger partial charge < -0.3 is 14.4 Å². The number of fused-ring (bicyclic) bond motifs is 1. The summed E-state index contributed by atoms with van der Waals surface area (Å²) in [5.74, 6) is 0.855. The van der Waals surface area contributed by atoms with E-state index >= 15 is 0 Å². The molecule has 4 heteroatoms. The van der Waals surface area contributed by atoms with E-state index in [1.807, 2.05) is 11.0 Å². The van der Waals surface area contributed by atoms with Crippen LogP contribution in [0.3, 0.4) is 0 Å². The Morgan fingerprint density at radius 3 is 2.47 bits per heavy atom. The summed E-state index contributed by atoms with van der Waals surface area (Å²) in [4.78, 5) is 17.7. The predicted octanol–water partition coefficient (Wildman–Crippen LogP) is 5.47. The number of amides is 1. The number of hydrogen-bond acceptors (Lipinski definition) is 2. The molecule has 1 fully saturated rings. The van der Waals surface area contributed by atoms with Crippen LogP contribution in [-0.2, 0) is 13.0 Å². The van der Waals surface area contributed by atoms with E-state index in [1.54, 1.807) is 0 Å². The van der Waals surface area contributed by atoms with Gasteiger partial charge in [0, 0.05) is 42.3 Å². The van der Waals surface area contributed by atoms with Crippen LogP contribution < -0.4 is 0 Å². The largest absolute Gasteiger partial charge is 0.347 e. The molecule has 170 valence electrons. The second-order valence-electron chi connectivity index (χ2n) is 9.09. The Balaban J connectivity index is 1.33. The van der Waals surface area contributed by atoms with Crippen molar-refractivity contribution in [2.45, 2.75) is 46.1 Å². The smallest absolute Gasteiger partial charge is 0.253 e. The van der Waals surface area contributed by atoms with Crippen molar-refractivity contribution in [2.75, 3.05) is 32.7 Å². The van der Waals surface area contributed by atoms with E-state index in [-0.39, 0.29) is 5.91 Å². The van der Waals surface area contributed by atoms with Gasteiger partial charge in [-0.05, 0) is 81.1 Å². The van der Waals surface area contributed by atoms with E-state index in [9.17, 15) is 4.79 Å². The molecule has 1 saturated heterocycles. The summed E-state index contributed by atoms with van der Waals surface area (Å²) in [5.41, 5.74) is 3.45. The second-order valence-corrected chi connectivity index (χ2v) is 9.09. The van der Waals surface area contributed by atoms with Gasteiger partial charge in [-0.25, -0.2) is 0 Å². The number of piperidine rings is 1. The third-order valence-electron chi connectivity index (χ3n) is 7.05. The summed E-state index contributed by atoms with van der Waals surface area (Å²) in [5, 5.41) is 1.16. The number of aryl methyl sites for hydroxylation is 1. The Bertz CT molecular complexity index is 998. The molecular formula is C28H37N3O. The third kappa shape index (κ3) is 5.42. The fourth-order valence-electron chi connectivity index (χ4n) is 5.00. The van der Waals surface area contributed by atoms with Gasteiger partial charge in [-0.15, -0.1) is 0 Å². The highest BCUT2D eigenvalue weighted by Gasteiger charge is 2.24. The van der Waals surface area contributed by atoms with Gasteiger partial charge in [0.1, 0.15) is 0 Å². The molecule has 3 aromatic rings. The zero-order valence-corrected chi connectivity index (χ0v) is 19.7. The molecule has 0 N–H and O–H groups in total. The zero-order valence-electron chi connectivity index (χ0n) is 19.7. The van der Waals surface area contributed by atoms with Gasteiger partial charge in [0.25, 0.3) is 5.91 Å². The summed E-state index contributed by atoms with van der Waals surface area (Å²) >= 11 is 0. The molecule has 32 heavy (non-hydrogen) atoms. The van der Waals surface area contributed by atoms with E-state index in [0.29, 0.717) is 5.92 Å². The van der Waals surface area contributed by atoms with Gasteiger partial charge >= 0.3 is 0 Å². The monoisotopic (exact) mass is 431 g/mol. The van der Waals surface area contributed by atoms with Crippen LogP contribution in [0.1, 0.15) is 49.0 Å². The molecule has 2 aromatic carbocycles. The van der Waals surface area contributed by atoms with Gasteiger partial charge in [0.2, 0.25) is 0 Å². The first-order valence-electron chi connectivity index (χ1n) is 12.3. The Morgan fingerprint density at radius 1 is 1.00 bits per heavy atom. The molecule has 0 radical (unpaired) electrons. The minimum absolute atomic E-state index is 0.180. The number of aromatic nitrogens is 1. The maximum absolute atomic E-state index is 13.1. The van der Waals surface area contributed by atoms with Crippen molar-refractivity contribution >= 4 is 16.8 Å². The highest BCUT2D eigenvalue weighted by atomic mass is 16.2. The fraction of sp³-hybridized carbons (Fsp3) is 0.464. The minimum atomic E-state index is 0.180. The first-order chi connectivity index (χ1) is 15.7. The summed E-state index contributed by atoms with van der Waals surface area (Å²) in [6.45, 7) is 10.5. The number of nitrogens with zero attached hydrogens (tertiary/aromatic N) is 3. The van der Waals surface area contributed by atoms with Crippen LogP contribution in [0.4, 0.5) is 0 Å². The molecule has 1 aliphatic heterocycles. The van der Waals surface area contributed by atoms with Crippen LogP contribution in [0.25, 0.3) is 10.9 Å². The Morgan fingerprint density at radius 2 is 1.75 bits per heavy atom. The highest BCUT2D eigenvalue weighted by Crippen LogP contribution is 2.24. The first-order valence-corrected chi connectivity index (χ1v) is 12.3. The standard InChI is InChI=1S/C28H37N3O/c1-3-29(4-2)16-8-17-30-20-15-25-22-26(11-12-27(25)30)28(32)31-18-13-24(14-19-31)21-23-9-6-5-7-10-23/h5-7,9-12,15,20,22,24H,3-4,8,13-14,16-19,21H2,1-2H3. The van der Waals surface area contributed by atoms with Crippen LogP contribution in [0.5, 0.6) is 0 Å². The van der Waals surface area contributed by atoms with Crippen molar-refractivity contribution in [1.29, 1.82) is 0 Å². The topological polar surface area (TPSA) is 28.5 Å². The molecule has 0 bridgehead atoms. The number of likely N-dealkylation sites (tertiary alicyclic amines) is 1. The number of carbonyl (C=O) groups is 1. The molecule has 0 atom stereocenters. The predicted molar refractivity (Wildman–Crippen MR) is 133 cm³/mol. The second kappa shape index (κ2) is 10.8. The molecule has 1 aliphatic rings. The van der Waals surface area contributed by atoms with Gasteiger partial charge in [0.15, 0.2) is 0 Å². The van der Waals surface area contributed by atoms with Gasteiger partial charge in [0.05, 0.1) is 0 Å². The number of carbonyl (C=O) groups excluding carboxylic acids is 1. The Labute approximate surface area is 192 Å². The normalized spacial score (nSPS) is 15.0. The molecule has 4 rings (SSSR count). The molecule has 1 amide bonds. The van der Waals surface area contributed by atoms with Crippen molar-refractivity contribution in [3.63, 3.8) is 0 Å². The summed E-state index contributed by atoms with van der Waals surface area (Å²) in [7, 11) is 0. The quantitative estimate of drug-likeness (QED) is 0.450. The molecule has 4 nitrogen and oxygen atoms in total. The summed E-state index contributed by atoms with van der Waals surface area (Å²) in [6, 6.07) is 19.1. The van der Waals surface area contributed by atoms with Crippen molar-refractivity contribution in [3.05, 3.63) is 71.9 Å². The highest BCUT2D eigenvalue weighted by molar-refractivity contribution is 5.98. The van der Waals surface area contributed by atoms with Gasteiger partial charge in [-0.2, -0.15) is 0 Å². The van der Waals surface area contributed by atoms with Crippen LogP contribution in [0.2, 0.25) is 0 Å². The SMILES string of the molecule is CCN(CC)CCCn1ccc2cc(C(=O)N3CCC(Cc4ccccc4)CC3)ccc21. The van der Waals surface area contributed by atoms with Crippen molar-refractivity contribution in [2.24, 2.45) is 5.92 Å². The summed E-state index contributed by atoms with van der Waals surface area (Å²) < 4.78 is 2.32. The van der Waals surface area contributed by atoms with Crippen LogP contribution in [0, 0.1) is 5.92 Å². The molecule has 2 heterocycles. The Kier molecular flexibility index (Phi) is 7.64. The molecule has 1 aromatic heterocycles. The van der Waals surface area contributed by atoms with Crippen LogP contribution >= 0.6 is 0 Å². The third-order valence-corrected chi connectivity index (χ3v) is 7.05. The van der Waals surface area contributed by atoms with Crippen molar-refractivity contribution in [3.8, 4) is 0 Å². The van der Waals surface area contributed by atoms with E-state index in [2.05, 4.69) is 78.0 Å². The summed E-state index contributed by atoms with van der Waals surface area (Å²) in [6.07, 6.45) is 6.61. The van der Waals surface area contributed by atoms with E-state index < -0.39 is 0 Å². The van der Waals surface area contributed by atoms with Gasteiger partial charge in [-0.3, -0.25) is 4.79 Å². The van der Waals surface area contributed by atoms with Crippen LogP contribution in [-0.4, -0.2) is 53.0 Å². The first kappa shape index (κ1) is 22.6. The molecule has 0 unspecified atom stereocenters. The average molecular weight is 432 g/mol. The molecule has 0 spiro atoms. The zero-order chi connectivity index (χ0) is 22.3. The fourth-order valence-corrected chi connectivity index (χ4v) is 5.00. The lowest BCUT2D eigenvalue weighted by atomic mass is 9.90. The molecule has 0 saturated carbocycles. The van der Waals surface area contributed by atoms with E-state index in [4.69, 9.17) is 0 Å². The van der Waals surface area contributed by atoms with E-state index in [1.165, 1.54) is 11.1 Å². The lowest BCUT2D eigenvalue weighted by Crippen LogP contribution is -2.38. The number of hydrogen-bond donors (Lipinski definition) is 0. The maximum atomic E-state index is 13.1. The van der Waals surface area contributed by atoms with Crippen molar-refractivity contribution in [1.82, 2.24) is 14.4 Å². The molecule has 0 aliphatic carbocycles. The van der Waals surface area contributed by atoms with Crippen molar-refractivity contribution < 1.29 is 4.79 Å². The average Bonchev–Trinajstić information content (AvgIpc) is 3.25. The number of rotatable bonds is 9. The minimum Gasteiger partial charge on any atom is -0.347 e. The van der Waals surface area contributed by atoms with Gasteiger partial charge in [-0.1, -0.05) is 44.2 Å². The van der Waals surface area contributed by atoms with Crippen LogP contribution in [0.15, 0.2) is 60.8 Å².